The van der Waals surface area contributed by atoms with E-state index in [1.54, 1.807) is 12.1 Å². The Bertz CT molecular complexity index is 766. The highest BCUT2D eigenvalue weighted by atomic mass is 32.2. The second kappa shape index (κ2) is 6.85. The Morgan fingerprint density at radius 3 is 2.48 bits per heavy atom. The minimum Gasteiger partial charge on any atom is -0.211 e. The fourth-order valence-electron chi connectivity index (χ4n) is 3.22. The van der Waals surface area contributed by atoms with E-state index >= 15 is 0 Å². The molecule has 0 bridgehead atoms. The van der Waals surface area contributed by atoms with Gasteiger partial charge in [-0.1, -0.05) is 42.0 Å². The van der Waals surface area contributed by atoms with E-state index < -0.39 is 10.0 Å². The normalized spacial score (nSPS) is 17.7. The summed E-state index contributed by atoms with van der Waals surface area (Å²) >= 11 is 0. The number of nitrogens with one attached hydrogen (secondary N) is 1. The summed E-state index contributed by atoms with van der Waals surface area (Å²) < 4.78 is 27.3. The van der Waals surface area contributed by atoms with E-state index in [1.807, 2.05) is 19.1 Å². The molecule has 0 saturated carbocycles. The minimum atomic E-state index is -3.39. The Morgan fingerprint density at radius 2 is 1.74 bits per heavy atom. The highest BCUT2D eigenvalue weighted by Gasteiger charge is 2.19. The molecule has 1 atom stereocenters. The lowest BCUT2D eigenvalue weighted by Crippen LogP contribution is -2.27. The first-order chi connectivity index (χ1) is 11.0. The summed E-state index contributed by atoms with van der Waals surface area (Å²) in [6.07, 6.45) is 4.19. The van der Waals surface area contributed by atoms with Crippen LogP contribution in [0.3, 0.4) is 0 Å². The summed E-state index contributed by atoms with van der Waals surface area (Å²) in [5, 5.41) is 0. The van der Waals surface area contributed by atoms with Crippen LogP contribution >= 0.6 is 0 Å². The first-order valence-corrected chi connectivity index (χ1v) is 9.66. The van der Waals surface area contributed by atoms with E-state index in [2.05, 4.69) is 29.0 Å². The summed E-state index contributed by atoms with van der Waals surface area (Å²) in [7, 11) is -3.39. The van der Waals surface area contributed by atoms with Gasteiger partial charge in [0.2, 0.25) is 10.0 Å². The third-order valence-electron chi connectivity index (χ3n) is 4.62. The van der Waals surface area contributed by atoms with Crippen LogP contribution in [0.15, 0.2) is 53.4 Å². The van der Waals surface area contributed by atoms with Gasteiger partial charge in [0.15, 0.2) is 0 Å². The zero-order valence-electron chi connectivity index (χ0n) is 13.5. The highest BCUT2D eigenvalue weighted by molar-refractivity contribution is 7.89. The van der Waals surface area contributed by atoms with Gasteiger partial charge in [-0.05, 0) is 61.8 Å². The molecule has 0 aliphatic heterocycles. The lowest BCUT2D eigenvalue weighted by molar-refractivity contribution is 0.426. The monoisotopic (exact) mass is 329 g/mol. The van der Waals surface area contributed by atoms with Gasteiger partial charge in [-0.15, -0.1) is 0 Å². The van der Waals surface area contributed by atoms with Crippen molar-refractivity contribution in [2.45, 2.75) is 37.5 Å². The Hall–Kier alpha value is -1.65. The standard InChI is InChI=1S/C19H23NO2S/c1-15-6-10-19(11-7-15)23(21,22)20-13-12-16-8-9-17-4-2-3-5-18(17)14-16/h2-7,10-11,16,20H,8-9,12-14H2,1H3. The summed E-state index contributed by atoms with van der Waals surface area (Å²) in [4.78, 5) is 0.345. The van der Waals surface area contributed by atoms with Crippen LogP contribution in [0.5, 0.6) is 0 Å². The van der Waals surface area contributed by atoms with Gasteiger partial charge >= 0.3 is 0 Å². The number of aryl methyl sites for hydroxylation is 2. The molecule has 2 aromatic rings. The van der Waals surface area contributed by atoms with Crippen molar-refractivity contribution in [3.63, 3.8) is 0 Å². The Labute approximate surface area is 138 Å². The van der Waals surface area contributed by atoms with Crippen LogP contribution in [0.2, 0.25) is 0 Å². The molecule has 122 valence electrons. The molecule has 3 rings (SSSR count). The van der Waals surface area contributed by atoms with E-state index in [4.69, 9.17) is 0 Å². The van der Waals surface area contributed by atoms with Gasteiger partial charge < -0.3 is 0 Å². The van der Waals surface area contributed by atoms with Gasteiger partial charge in [0.05, 0.1) is 4.90 Å². The molecular weight excluding hydrogens is 306 g/mol. The highest BCUT2D eigenvalue weighted by Crippen LogP contribution is 2.27. The van der Waals surface area contributed by atoms with Crippen LogP contribution in [-0.4, -0.2) is 15.0 Å². The fourth-order valence-corrected chi connectivity index (χ4v) is 4.27. The number of hydrogen-bond acceptors (Lipinski definition) is 2. The molecule has 0 saturated heterocycles. The number of hydrogen-bond donors (Lipinski definition) is 1. The summed E-state index contributed by atoms with van der Waals surface area (Å²) in [5.41, 5.74) is 3.93. The molecular formula is C19H23NO2S. The topological polar surface area (TPSA) is 46.2 Å². The summed E-state index contributed by atoms with van der Waals surface area (Å²) in [6.45, 7) is 2.45. The molecule has 0 aromatic heterocycles. The molecule has 0 heterocycles. The van der Waals surface area contributed by atoms with Crippen molar-refractivity contribution in [3.8, 4) is 0 Å². The molecule has 0 radical (unpaired) electrons. The smallest absolute Gasteiger partial charge is 0.211 e. The van der Waals surface area contributed by atoms with E-state index in [9.17, 15) is 8.42 Å². The predicted octanol–water partition coefficient (Wildman–Crippen LogP) is 3.47. The van der Waals surface area contributed by atoms with Gasteiger partial charge in [-0.2, -0.15) is 0 Å². The molecule has 1 aliphatic rings. The summed E-state index contributed by atoms with van der Waals surface area (Å²) in [5.74, 6) is 0.561. The zero-order valence-corrected chi connectivity index (χ0v) is 14.3. The molecule has 4 heteroatoms. The van der Waals surface area contributed by atoms with Crippen molar-refractivity contribution in [3.05, 3.63) is 65.2 Å². The number of benzene rings is 2. The lowest BCUT2D eigenvalue weighted by atomic mass is 9.82. The van der Waals surface area contributed by atoms with Crippen LogP contribution < -0.4 is 4.72 Å². The number of fused-ring (bicyclic) bond motifs is 1. The third-order valence-corrected chi connectivity index (χ3v) is 6.10. The van der Waals surface area contributed by atoms with Crippen molar-refractivity contribution < 1.29 is 8.42 Å². The molecule has 1 N–H and O–H groups in total. The van der Waals surface area contributed by atoms with E-state index in [-0.39, 0.29) is 0 Å². The van der Waals surface area contributed by atoms with Crippen LogP contribution in [-0.2, 0) is 22.9 Å². The van der Waals surface area contributed by atoms with Gasteiger partial charge in [0, 0.05) is 6.54 Å². The molecule has 0 fully saturated rings. The Morgan fingerprint density at radius 1 is 1.04 bits per heavy atom. The lowest BCUT2D eigenvalue weighted by Gasteiger charge is -2.24. The van der Waals surface area contributed by atoms with Crippen molar-refractivity contribution in [1.82, 2.24) is 4.72 Å². The predicted molar refractivity (Wildman–Crippen MR) is 92.9 cm³/mol. The maximum Gasteiger partial charge on any atom is 0.240 e. The molecule has 1 aliphatic carbocycles. The molecule has 0 amide bonds. The van der Waals surface area contributed by atoms with Crippen molar-refractivity contribution in [2.75, 3.05) is 6.54 Å². The summed E-state index contributed by atoms with van der Waals surface area (Å²) in [6, 6.07) is 15.5. The Kier molecular flexibility index (Phi) is 4.83. The third kappa shape index (κ3) is 4.01. The molecule has 0 spiro atoms. The number of rotatable bonds is 5. The molecule has 1 unspecified atom stereocenters. The largest absolute Gasteiger partial charge is 0.240 e. The van der Waals surface area contributed by atoms with Gasteiger partial charge in [-0.3, -0.25) is 0 Å². The molecule has 3 nitrogen and oxygen atoms in total. The van der Waals surface area contributed by atoms with Crippen LogP contribution in [0.1, 0.15) is 29.5 Å². The average Bonchev–Trinajstić information content (AvgIpc) is 2.55. The maximum atomic E-state index is 12.3. The average molecular weight is 329 g/mol. The van der Waals surface area contributed by atoms with Gasteiger partial charge in [-0.25, -0.2) is 13.1 Å². The van der Waals surface area contributed by atoms with Crippen molar-refractivity contribution in [1.29, 1.82) is 0 Å². The van der Waals surface area contributed by atoms with Crippen molar-refractivity contribution in [2.24, 2.45) is 5.92 Å². The SMILES string of the molecule is Cc1ccc(S(=O)(=O)NCCC2CCc3ccccc3C2)cc1. The quantitative estimate of drug-likeness (QED) is 0.913. The Balaban J connectivity index is 1.55. The minimum absolute atomic E-state index is 0.345. The molecule has 23 heavy (non-hydrogen) atoms. The van der Waals surface area contributed by atoms with Crippen molar-refractivity contribution >= 4 is 10.0 Å². The second-order valence-electron chi connectivity index (χ2n) is 6.38. The fraction of sp³-hybridized carbons (Fsp3) is 0.368. The first kappa shape index (κ1) is 16.2. The van der Waals surface area contributed by atoms with Gasteiger partial charge in [0.1, 0.15) is 0 Å². The second-order valence-corrected chi connectivity index (χ2v) is 8.14. The van der Waals surface area contributed by atoms with E-state index in [0.29, 0.717) is 17.4 Å². The van der Waals surface area contributed by atoms with Gasteiger partial charge in [0.25, 0.3) is 0 Å². The number of sulfonamides is 1. The van der Waals surface area contributed by atoms with Crippen LogP contribution in [0.25, 0.3) is 0 Å². The molecule has 2 aromatic carbocycles. The van der Waals surface area contributed by atoms with E-state index in [1.165, 1.54) is 11.1 Å². The van der Waals surface area contributed by atoms with Crippen LogP contribution in [0, 0.1) is 12.8 Å². The first-order valence-electron chi connectivity index (χ1n) is 8.18. The van der Waals surface area contributed by atoms with E-state index in [0.717, 1.165) is 31.2 Å². The maximum absolute atomic E-state index is 12.3. The van der Waals surface area contributed by atoms with Crippen LogP contribution in [0.4, 0.5) is 0 Å². The zero-order chi connectivity index (χ0) is 16.3.